The van der Waals surface area contributed by atoms with Gasteiger partial charge in [-0.1, -0.05) is 195 Å². The molecule has 0 aliphatic carbocycles. The summed E-state index contributed by atoms with van der Waals surface area (Å²) in [5.74, 6) is 1.78. The van der Waals surface area contributed by atoms with Crippen LogP contribution in [0.5, 0.6) is 0 Å². The van der Waals surface area contributed by atoms with Crippen LogP contribution in [0.15, 0.2) is 0 Å². The molecule has 0 spiro atoms. The Balaban J connectivity index is -0.00000132. The molecule has 0 aliphatic heterocycles. The number of aliphatic hydroxyl groups is 3. The Hall–Kier alpha value is -0.330. The Morgan fingerprint density at radius 1 is 0.404 bits per heavy atom. The first-order valence-corrected chi connectivity index (χ1v) is 23.2. The van der Waals surface area contributed by atoms with Crippen molar-refractivity contribution in [3.05, 3.63) is 0 Å². The Kier molecular flexibility index (Phi) is 50.4. The van der Waals surface area contributed by atoms with E-state index in [9.17, 15) is 0 Å². The van der Waals surface area contributed by atoms with Crippen LogP contribution in [-0.4, -0.2) is 90.4 Å². The van der Waals surface area contributed by atoms with Crippen molar-refractivity contribution in [2.75, 3.05) is 52.7 Å². The second-order valence-electron chi connectivity index (χ2n) is 15.6. The predicted octanol–water partition coefficient (Wildman–Crippen LogP) is 10.9. The van der Waals surface area contributed by atoms with Crippen LogP contribution < -0.4 is 0 Å². The van der Waals surface area contributed by atoms with Gasteiger partial charge in [0.1, 0.15) is 0 Å². The minimum absolute atomic E-state index is 0.0694. The number of hydrogen-bond donors (Lipinski definition) is 5. The summed E-state index contributed by atoms with van der Waals surface area (Å²) in [6.07, 6.45) is 40.2. The molecule has 0 saturated carbocycles. The van der Waals surface area contributed by atoms with Gasteiger partial charge in [-0.15, -0.1) is 0 Å². The molecule has 0 rings (SSSR count). The Morgan fingerprint density at radius 3 is 0.788 bits per heavy atom. The Labute approximate surface area is 324 Å². The van der Waals surface area contributed by atoms with E-state index in [4.69, 9.17) is 37.6 Å². The molecule has 0 aromatic carbocycles. The third-order valence-corrected chi connectivity index (χ3v) is 9.39. The third kappa shape index (κ3) is 64.6. The summed E-state index contributed by atoms with van der Waals surface area (Å²) in [6, 6.07) is 0. The minimum Gasteiger partial charge on any atom is -0.395 e. The van der Waals surface area contributed by atoms with E-state index < -0.39 is 10.4 Å². The van der Waals surface area contributed by atoms with Crippen LogP contribution in [0.25, 0.3) is 0 Å². The first-order chi connectivity index (χ1) is 25.0. The van der Waals surface area contributed by atoms with Crippen LogP contribution in [0.2, 0.25) is 0 Å². The SMILES string of the molecule is CC(C)CCCCCCCCCCCCCCCOCCCCCCCCCCCCCCCC(C)C.O=S(=O)(O)O.OCCN(CCO)CCO. The lowest BCUT2D eigenvalue weighted by atomic mass is 10.0. The number of unbranched alkanes of at least 4 members (excludes halogenated alkanes) is 24. The molecule has 0 aliphatic rings. The van der Waals surface area contributed by atoms with Crippen LogP contribution in [0.1, 0.15) is 207 Å². The highest BCUT2D eigenvalue weighted by atomic mass is 32.3. The van der Waals surface area contributed by atoms with Crippen LogP contribution in [0, 0.1) is 11.8 Å². The lowest BCUT2D eigenvalue weighted by Gasteiger charge is -2.17. The topological polar surface area (TPSA) is 148 Å². The quantitative estimate of drug-likeness (QED) is 0.0306. The van der Waals surface area contributed by atoms with Crippen LogP contribution in [0.4, 0.5) is 0 Å². The molecule has 0 amide bonds. The Bertz CT molecular complexity index is 681. The molecule has 0 heterocycles. The van der Waals surface area contributed by atoms with Crippen LogP contribution in [0.3, 0.4) is 0 Å². The summed E-state index contributed by atoms with van der Waals surface area (Å²) in [5.41, 5.74) is 0. The van der Waals surface area contributed by atoms with Crippen molar-refractivity contribution in [1.82, 2.24) is 4.90 Å². The van der Waals surface area contributed by atoms with E-state index in [2.05, 4.69) is 27.7 Å². The van der Waals surface area contributed by atoms with Gasteiger partial charge >= 0.3 is 10.4 Å². The highest BCUT2D eigenvalue weighted by Gasteiger charge is 2.01. The summed E-state index contributed by atoms with van der Waals surface area (Å²) in [5, 5.41) is 25.5. The molecular formula is C42H91NO8S. The third-order valence-electron chi connectivity index (χ3n) is 9.39. The number of aliphatic hydroxyl groups excluding tert-OH is 3. The molecule has 0 atom stereocenters. The molecule has 0 aromatic rings. The highest BCUT2D eigenvalue weighted by molar-refractivity contribution is 7.79. The molecule has 0 radical (unpaired) electrons. The Morgan fingerprint density at radius 2 is 0.596 bits per heavy atom. The maximum Gasteiger partial charge on any atom is 0.394 e. The number of hydrogen-bond acceptors (Lipinski definition) is 7. The number of ether oxygens (including phenoxy) is 1. The van der Waals surface area contributed by atoms with Gasteiger partial charge in [0.25, 0.3) is 0 Å². The van der Waals surface area contributed by atoms with E-state index in [0.717, 1.165) is 25.0 Å². The van der Waals surface area contributed by atoms with Crippen molar-refractivity contribution < 1.29 is 37.6 Å². The van der Waals surface area contributed by atoms with E-state index in [1.165, 1.54) is 180 Å². The molecule has 10 heteroatoms. The van der Waals surface area contributed by atoms with Crippen molar-refractivity contribution in [2.45, 2.75) is 207 Å². The summed E-state index contributed by atoms with van der Waals surface area (Å²) in [7, 11) is -4.67. The zero-order valence-corrected chi connectivity index (χ0v) is 35.7. The largest absolute Gasteiger partial charge is 0.395 e. The number of nitrogens with zero attached hydrogens (tertiary/aromatic N) is 1. The van der Waals surface area contributed by atoms with Crippen LogP contribution in [-0.2, 0) is 15.1 Å². The summed E-state index contributed by atoms with van der Waals surface area (Å²) in [4.78, 5) is 1.79. The average Bonchev–Trinajstić information content (AvgIpc) is 3.07. The molecule has 318 valence electrons. The zero-order valence-electron chi connectivity index (χ0n) is 34.9. The van der Waals surface area contributed by atoms with Gasteiger partial charge < -0.3 is 20.1 Å². The van der Waals surface area contributed by atoms with Gasteiger partial charge in [0.05, 0.1) is 19.8 Å². The first-order valence-electron chi connectivity index (χ1n) is 21.8. The molecule has 5 N–H and O–H groups in total. The molecule has 0 saturated heterocycles. The standard InChI is InChI=1S/C36H74O.C6H15NO3.H2O4S/c1-35(2)31-27-23-19-15-11-7-5-9-13-17-21-25-29-33-37-34-30-26-22-18-14-10-6-8-12-16-20-24-28-32-36(3)4;8-4-1-7(2-5-9)3-6-10;1-5(2,3)4/h35-36H,5-34H2,1-4H3;8-10H,1-6H2;(H2,1,2,3,4). The normalized spacial score (nSPS) is 11.6. The van der Waals surface area contributed by atoms with E-state index >= 15 is 0 Å². The molecule has 0 aromatic heterocycles. The smallest absolute Gasteiger partial charge is 0.394 e. The van der Waals surface area contributed by atoms with Gasteiger partial charge in [0, 0.05) is 32.8 Å². The maximum atomic E-state index is 8.74. The van der Waals surface area contributed by atoms with Gasteiger partial charge in [0.15, 0.2) is 0 Å². The summed E-state index contributed by atoms with van der Waals surface area (Å²) in [6.45, 7) is 13.1. The fraction of sp³-hybridized carbons (Fsp3) is 1.00. The van der Waals surface area contributed by atoms with Crippen molar-refractivity contribution in [3.63, 3.8) is 0 Å². The van der Waals surface area contributed by atoms with Crippen LogP contribution >= 0.6 is 0 Å². The van der Waals surface area contributed by atoms with Gasteiger partial charge in [-0.3, -0.25) is 14.0 Å². The molecule has 0 unspecified atom stereocenters. The molecule has 0 bridgehead atoms. The summed E-state index contributed by atoms with van der Waals surface area (Å²) < 4.78 is 37.5. The molecule has 52 heavy (non-hydrogen) atoms. The van der Waals surface area contributed by atoms with Gasteiger partial charge in [-0.25, -0.2) is 0 Å². The summed E-state index contributed by atoms with van der Waals surface area (Å²) >= 11 is 0. The fourth-order valence-electron chi connectivity index (χ4n) is 6.26. The van der Waals surface area contributed by atoms with E-state index in [-0.39, 0.29) is 19.8 Å². The lowest BCUT2D eigenvalue weighted by Crippen LogP contribution is -2.32. The minimum atomic E-state index is -4.67. The zero-order chi connectivity index (χ0) is 39.4. The van der Waals surface area contributed by atoms with Gasteiger partial charge in [-0.2, -0.15) is 8.42 Å². The number of rotatable bonds is 38. The van der Waals surface area contributed by atoms with Crippen molar-refractivity contribution >= 4 is 10.4 Å². The maximum absolute atomic E-state index is 8.74. The van der Waals surface area contributed by atoms with E-state index in [1.54, 1.807) is 4.90 Å². The van der Waals surface area contributed by atoms with Crippen molar-refractivity contribution in [1.29, 1.82) is 0 Å². The second kappa shape index (κ2) is 46.8. The lowest BCUT2D eigenvalue weighted by molar-refractivity contribution is 0.125. The second-order valence-corrected chi connectivity index (χ2v) is 16.5. The van der Waals surface area contributed by atoms with E-state index in [0.29, 0.717) is 19.6 Å². The monoisotopic (exact) mass is 770 g/mol. The fourth-order valence-corrected chi connectivity index (χ4v) is 6.26. The highest BCUT2D eigenvalue weighted by Crippen LogP contribution is 2.16. The first kappa shape index (κ1) is 56.0. The van der Waals surface area contributed by atoms with E-state index in [1.807, 2.05) is 0 Å². The predicted molar refractivity (Wildman–Crippen MR) is 222 cm³/mol. The molecule has 0 fully saturated rings. The van der Waals surface area contributed by atoms with Gasteiger partial charge in [-0.05, 0) is 24.7 Å². The van der Waals surface area contributed by atoms with Crippen molar-refractivity contribution in [3.8, 4) is 0 Å². The molecular weight excluding hydrogens is 679 g/mol. The van der Waals surface area contributed by atoms with Crippen molar-refractivity contribution in [2.24, 2.45) is 11.8 Å². The van der Waals surface area contributed by atoms with Gasteiger partial charge in [0.2, 0.25) is 0 Å². The molecule has 9 nitrogen and oxygen atoms in total. The average molecular weight is 770 g/mol.